The van der Waals surface area contributed by atoms with Crippen LogP contribution < -0.4 is 5.32 Å². The van der Waals surface area contributed by atoms with Crippen molar-refractivity contribution in [1.29, 1.82) is 0 Å². The van der Waals surface area contributed by atoms with Crippen molar-refractivity contribution in [2.24, 2.45) is 0 Å². The molecule has 0 aliphatic heterocycles. The molecule has 2 aliphatic rings. The minimum absolute atomic E-state index is 0.101. The number of aryl methyl sites for hydroxylation is 2. The molecular weight excluding hydrogens is 248 g/mol. The Balaban J connectivity index is 1.96. The number of hydrogen-bond donors (Lipinski definition) is 1. The van der Waals surface area contributed by atoms with Crippen molar-refractivity contribution < 1.29 is 4.79 Å². The molecule has 0 radical (unpaired) electrons. The van der Waals surface area contributed by atoms with Crippen molar-refractivity contribution in [1.82, 2.24) is 10.3 Å². The summed E-state index contributed by atoms with van der Waals surface area (Å²) in [5, 5.41) is 4.16. The minimum Gasteiger partial charge on any atom is -0.349 e. The maximum absolute atomic E-state index is 12.6. The molecule has 0 bridgehead atoms. The zero-order valence-corrected chi connectivity index (χ0v) is 11.7. The van der Waals surface area contributed by atoms with Gasteiger partial charge >= 0.3 is 0 Å². The van der Waals surface area contributed by atoms with E-state index in [-0.39, 0.29) is 5.91 Å². The molecule has 0 unspecified atom stereocenters. The van der Waals surface area contributed by atoms with Gasteiger partial charge in [-0.05, 0) is 50.2 Å². The SMILES string of the molecule is Cc1cccc2c(C(=O)NC3CC3)c3c(nc12)CCC3. The second-order valence-electron chi connectivity index (χ2n) is 5.98. The van der Waals surface area contributed by atoms with Gasteiger partial charge < -0.3 is 5.32 Å². The first-order chi connectivity index (χ1) is 9.74. The fourth-order valence-corrected chi connectivity index (χ4v) is 3.17. The number of nitrogens with zero attached hydrogens (tertiary/aromatic N) is 1. The smallest absolute Gasteiger partial charge is 0.252 e. The van der Waals surface area contributed by atoms with Gasteiger partial charge in [-0.25, -0.2) is 0 Å². The lowest BCUT2D eigenvalue weighted by atomic mass is 9.98. The van der Waals surface area contributed by atoms with Crippen LogP contribution in [-0.2, 0) is 12.8 Å². The molecule has 0 atom stereocenters. The molecule has 1 aromatic carbocycles. The molecule has 2 aliphatic carbocycles. The Bertz CT molecular complexity index is 716. The summed E-state index contributed by atoms with van der Waals surface area (Å²) in [5.74, 6) is 0.101. The van der Waals surface area contributed by atoms with Gasteiger partial charge in [-0.2, -0.15) is 0 Å². The first kappa shape index (κ1) is 11.9. The van der Waals surface area contributed by atoms with Crippen molar-refractivity contribution in [2.45, 2.75) is 45.1 Å². The largest absolute Gasteiger partial charge is 0.349 e. The highest BCUT2D eigenvalue weighted by molar-refractivity contribution is 6.08. The van der Waals surface area contributed by atoms with Crippen LogP contribution in [-0.4, -0.2) is 16.9 Å². The number of rotatable bonds is 2. The molecular formula is C17H18N2O. The second-order valence-corrected chi connectivity index (χ2v) is 5.98. The molecule has 20 heavy (non-hydrogen) atoms. The number of pyridine rings is 1. The normalized spacial score (nSPS) is 17.2. The van der Waals surface area contributed by atoms with E-state index in [9.17, 15) is 4.79 Å². The van der Waals surface area contributed by atoms with Crippen molar-refractivity contribution in [2.75, 3.05) is 0 Å². The van der Waals surface area contributed by atoms with E-state index in [4.69, 9.17) is 4.98 Å². The molecule has 3 nitrogen and oxygen atoms in total. The van der Waals surface area contributed by atoms with E-state index >= 15 is 0 Å². The number of hydrogen-bond acceptors (Lipinski definition) is 2. The van der Waals surface area contributed by atoms with Gasteiger partial charge in [0.15, 0.2) is 0 Å². The van der Waals surface area contributed by atoms with E-state index in [1.165, 1.54) is 5.56 Å². The van der Waals surface area contributed by atoms with Crippen LogP contribution in [0.4, 0.5) is 0 Å². The van der Waals surface area contributed by atoms with Gasteiger partial charge in [0.2, 0.25) is 0 Å². The third kappa shape index (κ3) is 1.80. The van der Waals surface area contributed by atoms with Crippen LogP contribution in [0.3, 0.4) is 0 Å². The monoisotopic (exact) mass is 266 g/mol. The molecule has 1 aromatic heterocycles. The fraction of sp³-hybridized carbons (Fsp3) is 0.412. The van der Waals surface area contributed by atoms with Crippen molar-refractivity contribution in [3.63, 3.8) is 0 Å². The number of nitrogens with one attached hydrogen (secondary N) is 1. The topological polar surface area (TPSA) is 42.0 Å². The molecule has 3 heteroatoms. The first-order valence-corrected chi connectivity index (χ1v) is 7.46. The number of carbonyl (C=O) groups is 1. The van der Waals surface area contributed by atoms with E-state index < -0.39 is 0 Å². The van der Waals surface area contributed by atoms with E-state index in [2.05, 4.69) is 18.3 Å². The predicted molar refractivity (Wildman–Crippen MR) is 79.0 cm³/mol. The van der Waals surface area contributed by atoms with Gasteiger partial charge in [0.25, 0.3) is 5.91 Å². The number of fused-ring (bicyclic) bond motifs is 2. The van der Waals surface area contributed by atoms with E-state index in [0.717, 1.165) is 59.8 Å². The van der Waals surface area contributed by atoms with Crippen molar-refractivity contribution in [3.8, 4) is 0 Å². The number of para-hydroxylation sites is 1. The molecule has 1 heterocycles. The highest BCUT2D eigenvalue weighted by atomic mass is 16.1. The Morgan fingerprint density at radius 3 is 2.95 bits per heavy atom. The van der Waals surface area contributed by atoms with E-state index in [1.54, 1.807) is 0 Å². The van der Waals surface area contributed by atoms with Crippen LogP contribution >= 0.6 is 0 Å². The maximum Gasteiger partial charge on any atom is 0.252 e. The summed E-state index contributed by atoms with van der Waals surface area (Å²) < 4.78 is 0. The summed E-state index contributed by atoms with van der Waals surface area (Å²) in [5.41, 5.74) is 5.35. The summed E-state index contributed by atoms with van der Waals surface area (Å²) >= 11 is 0. The van der Waals surface area contributed by atoms with Crippen molar-refractivity contribution >= 4 is 16.8 Å². The number of carbonyl (C=O) groups excluding carboxylic acids is 1. The first-order valence-electron chi connectivity index (χ1n) is 7.46. The number of benzene rings is 1. The minimum atomic E-state index is 0.101. The lowest BCUT2D eigenvalue weighted by molar-refractivity contribution is 0.0952. The quantitative estimate of drug-likeness (QED) is 0.908. The fourth-order valence-electron chi connectivity index (χ4n) is 3.17. The van der Waals surface area contributed by atoms with Gasteiger partial charge in [0, 0.05) is 17.1 Å². The van der Waals surface area contributed by atoms with Crippen LogP contribution in [0.5, 0.6) is 0 Å². The molecule has 1 amide bonds. The zero-order valence-electron chi connectivity index (χ0n) is 11.7. The molecule has 102 valence electrons. The van der Waals surface area contributed by atoms with Crippen LogP contribution in [0.25, 0.3) is 10.9 Å². The van der Waals surface area contributed by atoms with Crippen LogP contribution in [0.2, 0.25) is 0 Å². The van der Waals surface area contributed by atoms with E-state index in [1.807, 2.05) is 12.1 Å². The second kappa shape index (κ2) is 4.30. The number of aromatic nitrogens is 1. The van der Waals surface area contributed by atoms with Gasteiger partial charge in [0.1, 0.15) is 0 Å². The van der Waals surface area contributed by atoms with Gasteiger partial charge in [-0.15, -0.1) is 0 Å². The average molecular weight is 266 g/mol. The lowest BCUT2D eigenvalue weighted by Gasteiger charge is -2.13. The van der Waals surface area contributed by atoms with E-state index in [0.29, 0.717) is 6.04 Å². The third-order valence-corrected chi connectivity index (χ3v) is 4.38. The average Bonchev–Trinajstić information content (AvgIpc) is 3.12. The summed E-state index contributed by atoms with van der Waals surface area (Å²) in [6, 6.07) is 6.52. The molecule has 1 saturated carbocycles. The molecule has 4 rings (SSSR count). The molecule has 0 spiro atoms. The zero-order chi connectivity index (χ0) is 13.7. The molecule has 0 saturated heterocycles. The summed E-state index contributed by atoms with van der Waals surface area (Å²) in [6.07, 6.45) is 5.34. The Morgan fingerprint density at radius 2 is 2.15 bits per heavy atom. The molecule has 1 N–H and O–H groups in total. The number of amides is 1. The molecule has 1 fully saturated rings. The Hall–Kier alpha value is -1.90. The van der Waals surface area contributed by atoms with Gasteiger partial charge in [0.05, 0.1) is 11.1 Å². The predicted octanol–water partition coefficient (Wildman–Crippen LogP) is 2.92. The summed E-state index contributed by atoms with van der Waals surface area (Å²) in [6.45, 7) is 2.07. The summed E-state index contributed by atoms with van der Waals surface area (Å²) in [4.78, 5) is 17.5. The highest BCUT2D eigenvalue weighted by Crippen LogP contribution is 2.32. The highest BCUT2D eigenvalue weighted by Gasteiger charge is 2.28. The van der Waals surface area contributed by atoms with Crippen LogP contribution in [0, 0.1) is 6.92 Å². The lowest BCUT2D eigenvalue weighted by Crippen LogP contribution is -2.27. The third-order valence-electron chi connectivity index (χ3n) is 4.38. The maximum atomic E-state index is 12.6. The van der Waals surface area contributed by atoms with Crippen molar-refractivity contribution in [3.05, 3.63) is 40.6 Å². The van der Waals surface area contributed by atoms with Crippen LogP contribution in [0.1, 0.15) is 46.4 Å². The molecule has 2 aromatic rings. The standard InChI is InChI=1S/C17H18N2O/c1-10-4-2-6-13-15(17(20)18-11-8-9-11)12-5-3-7-14(12)19-16(10)13/h2,4,6,11H,3,5,7-9H2,1H3,(H,18,20). The van der Waals surface area contributed by atoms with Crippen LogP contribution in [0.15, 0.2) is 18.2 Å². The Morgan fingerprint density at radius 1 is 1.30 bits per heavy atom. The van der Waals surface area contributed by atoms with Gasteiger partial charge in [-0.3, -0.25) is 9.78 Å². The Kier molecular flexibility index (Phi) is 2.56. The summed E-state index contributed by atoms with van der Waals surface area (Å²) in [7, 11) is 0. The Labute approximate surface area is 118 Å². The van der Waals surface area contributed by atoms with Gasteiger partial charge in [-0.1, -0.05) is 18.2 Å².